The molecule has 2 fully saturated rings. The monoisotopic (exact) mass is 530 g/mol. The molecule has 1 unspecified atom stereocenters. The van der Waals surface area contributed by atoms with Crippen LogP contribution in [0.15, 0.2) is 72.8 Å². The van der Waals surface area contributed by atoms with Gasteiger partial charge in [0.25, 0.3) is 5.91 Å². The first-order chi connectivity index (χ1) is 18.9. The van der Waals surface area contributed by atoms with Crippen molar-refractivity contribution in [3.8, 4) is 11.1 Å². The van der Waals surface area contributed by atoms with Gasteiger partial charge in [0.2, 0.25) is 5.91 Å². The van der Waals surface area contributed by atoms with E-state index < -0.39 is 5.41 Å². The Balaban J connectivity index is 1.30. The molecule has 2 amide bonds. The maximum absolute atomic E-state index is 13.9. The zero-order chi connectivity index (χ0) is 27.4. The molecule has 0 bridgehead atoms. The number of nitrogens with zero attached hydrogens (tertiary/aromatic N) is 1. The number of benzene rings is 3. The molecule has 4 nitrogen and oxygen atoms in total. The number of rotatable bonds is 6. The maximum atomic E-state index is 13.9. The quantitative estimate of drug-likeness (QED) is 0.377. The Morgan fingerprint density at radius 1 is 0.795 bits per heavy atom. The minimum atomic E-state index is -0.806. The fourth-order valence-electron chi connectivity index (χ4n) is 6.23. The Hall–Kier alpha value is -3.54. The summed E-state index contributed by atoms with van der Waals surface area (Å²) in [5, 5.41) is 3.31. The molecular weight excluding hydrogens is 494 g/mol. The molecule has 5 rings (SSSR count). The smallest absolute Gasteiger partial charge is 0.253 e. The van der Waals surface area contributed by atoms with Crippen LogP contribution in [0.25, 0.3) is 11.1 Å². The van der Waals surface area contributed by atoms with Crippen LogP contribution < -0.4 is 5.32 Å². The summed E-state index contributed by atoms with van der Waals surface area (Å²) in [6.45, 7) is 2.96. The molecular formula is C33H36F2N2O2. The summed E-state index contributed by atoms with van der Waals surface area (Å²) in [5.74, 6) is -0.245. The molecule has 1 N–H and O–H groups in total. The topological polar surface area (TPSA) is 49.4 Å². The fourth-order valence-corrected chi connectivity index (χ4v) is 6.23. The largest absolute Gasteiger partial charge is 0.353 e. The van der Waals surface area contributed by atoms with Gasteiger partial charge < -0.3 is 10.2 Å². The van der Waals surface area contributed by atoms with Gasteiger partial charge in [0.15, 0.2) is 0 Å². The molecule has 1 aliphatic heterocycles. The lowest BCUT2D eigenvalue weighted by Gasteiger charge is -2.42. The highest BCUT2D eigenvalue weighted by molar-refractivity contribution is 5.95. The van der Waals surface area contributed by atoms with Crippen LogP contribution in [-0.4, -0.2) is 35.8 Å². The average molecular weight is 531 g/mol. The molecule has 0 spiro atoms. The van der Waals surface area contributed by atoms with Gasteiger partial charge in [-0.3, -0.25) is 9.59 Å². The molecule has 3 aromatic carbocycles. The van der Waals surface area contributed by atoms with Gasteiger partial charge in [-0.1, -0.05) is 55.7 Å². The number of piperidine rings is 1. The van der Waals surface area contributed by atoms with Gasteiger partial charge >= 0.3 is 0 Å². The van der Waals surface area contributed by atoms with Crippen LogP contribution in [-0.2, 0) is 10.2 Å². The minimum absolute atomic E-state index is 0.0251. The maximum Gasteiger partial charge on any atom is 0.253 e. The van der Waals surface area contributed by atoms with E-state index in [1.54, 1.807) is 41.3 Å². The van der Waals surface area contributed by atoms with Crippen molar-refractivity contribution in [1.29, 1.82) is 0 Å². The Kier molecular flexibility index (Phi) is 8.10. The van der Waals surface area contributed by atoms with E-state index in [0.717, 1.165) is 29.5 Å². The van der Waals surface area contributed by atoms with Crippen LogP contribution >= 0.6 is 0 Å². The van der Waals surface area contributed by atoms with E-state index in [9.17, 15) is 18.4 Å². The first-order valence-corrected chi connectivity index (χ1v) is 14.1. The summed E-state index contributed by atoms with van der Waals surface area (Å²) in [6.07, 6.45) is 6.88. The minimum Gasteiger partial charge on any atom is -0.353 e. The lowest BCUT2D eigenvalue weighted by Crippen LogP contribution is -2.55. The molecule has 1 saturated carbocycles. The predicted octanol–water partition coefficient (Wildman–Crippen LogP) is 6.89. The Bertz CT molecular complexity index is 1270. The van der Waals surface area contributed by atoms with Crippen LogP contribution in [0, 0.1) is 17.6 Å². The lowest BCUT2D eigenvalue weighted by molar-refractivity contribution is -0.129. The van der Waals surface area contributed by atoms with E-state index in [0.29, 0.717) is 37.4 Å². The molecule has 1 atom stereocenters. The first kappa shape index (κ1) is 27.0. The zero-order valence-electron chi connectivity index (χ0n) is 22.5. The van der Waals surface area contributed by atoms with E-state index in [4.69, 9.17) is 0 Å². The third-order valence-corrected chi connectivity index (χ3v) is 8.76. The number of likely N-dealkylation sites (tertiary alicyclic amines) is 1. The molecule has 6 heteroatoms. The van der Waals surface area contributed by atoms with Crippen LogP contribution in [0.5, 0.6) is 0 Å². The van der Waals surface area contributed by atoms with Gasteiger partial charge in [-0.25, -0.2) is 8.78 Å². The van der Waals surface area contributed by atoms with Crippen molar-refractivity contribution < 1.29 is 18.4 Å². The molecule has 1 aliphatic carbocycles. The van der Waals surface area contributed by atoms with Gasteiger partial charge in [-0.2, -0.15) is 0 Å². The van der Waals surface area contributed by atoms with Gasteiger partial charge in [-0.15, -0.1) is 0 Å². The lowest BCUT2D eigenvalue weighted by atomic mass is 9.71. The number of carbonyl (C=O) groups excluding carboxylic acids is 2. The van der Waals surface area contributed by atoms with Crippen molar-refractivity contribution in [3.05, 3.63) is 95.6 Å². The second-order valence-electron chi connectivity index (χ2n) is 11.1. The van der Waals surface area contributed by atoms with Crippen molar-refractivity contribution >= 4 is 11.8 Å². The summed E-state index contributed by atoms with van der Waals surface area (Å²) < 4.78 is 27.0. The second kappa shape index (κ2) is 11.7. The number of amides is 2. The molecule has 0 aromatic heterocycles. The zero-order valence-corrected chi connectivity index (χ0v) is 22.5. The van der Waals surface area contributed by atoms with Gasteiger partial charge in [-0.05, 0) is 91.6 Å². The van der Waals surface area contributed by atoms with Crippen molar-refractivity contribution in [2.24, 2.45) is 5.92 Å². The number of hydrogen-bond acceptors (Lipinski definition) is 2. The summed E-state index contributed by atoms with van der Waals surface area (Å²) in [7, 11) is 0. The van der Waals surface area contributed by atoms with Crippen molar-refractivity contribution in [2.45, 2.75) is 63.3 Å². The fraction of sp³-hybridized carbons (Fsp3) is 0.394. The highest BCUT2D eigenvalue weighted by Crippen LogP contribution is 2.37. The van der Waals surface area contributed by atoms with Crippen LogP contribution in [0.3, 0.4) is 0 Å². The van der Waals surface area contributed by atoms with E-state index >= 15 is 0 Å². The van der Waals surface area contributed by atoms with E-state index in [1.807, 2.05) is 12.1 Å². The SMILES string of the molecule is CC(NC(=O)C1(c2ccc(F)cc2)CCN(C(=O)c2ccc(-c3ccc(F)cc3)cc2)CC1)C1CCCCC1. The number of hydrogen-bond donors (Lipinski definition) is 1. The molecule has 0 radical (unpaired) electrons. The Morgan fingerprint density at radius 2 is 1.31 bits per heavy atom. The molecule has 3 aromatic rings. The van der Waals surface area contributed by atoms with E-state index in [2.05, 4.69) is 12.2 Å². The highest BCUT2D eigenvalue weighted by atomic mass is 19.1. The summed E-state index contributed by atoms with van der Waals surface area (Å²) in [5.41, 5.74) is 2.36. The van der Waals surface area contributed by atoms with Crippen molar-refractivity contribution in [3.63, 3.8) is 0 Å². The summed E-state index contributed by atoms with van der Waals surface area (Å²) in [6, 6.07) is 19.9. The summed E-state index contributed by atoms with van der Waals surface area (Å²) >= 11 is 0. The highest BCUT2D eigenvalue weighted by Gasteiger charge is 2.44. The normalized spacial score (nSPS) is 18.4. The van der Waals surface area contributed by atoms with Gasteiger partial charge in [0, 0.05) is 24.7 Å². The van der Waals surface area contributed by atoms with Crippen molar-refractivity contribution in [1.82, 2.24) is 10.2 Å². The number of nitrogens with one attached hydrogen (secondary N) is 1. The molecule has 2 aliphatic rings. The molecule has 204 valence electrons. The Labute approximate surface area is 229 Å². The average Bonchev–Trinajstić information content (AvgIpc) is 2.98. The van der Waals surface area contributed by atoms with Crippen LogP contribution in [0.4, 0.5) is 8.78 Å². The first-order valence-electron chi connectivity index (χ1n) is 14.1. The van der Waals surface area contributed by atoms with Gasteiger partial charge in [0.1, 0.15) is 11.6 Å². The van der Waals surface area contributed by atoms with E-state index in [1.165, 1.54) is 43.5 Å². The van der Waals surface area contributed by atoms with Crippen molar-refractivity contribution in [2.75, 3.05) is 13.1 Å². The molecule has 39 heavy (non-hydrogen) atoms. The third-order valence-electron chi connectivity index (χ3n) is 8.76. The Morgan fingerprint density at radius 3 is 1.87 bits per heavy atom. The standard InChI is InChI=1S/C33H36F2N2O2/c1-23(24-5-3-2-4-6-24)36-32(39)33(28-13-17-30(35)18-14-28)19-21-37(22-20-33)31(38)27-9-7-25(8-10-27)26-11-15-29(34)16-12-26/h7-18,23-24H,2-6,19-22H2,1H3,(H,36,39). The predicted molar refractivity (Wildman–Crippen MR) is 149 cm³/mol. The molecule has 1 heterocycles. The van der Waals surface area contributed by atoms with Gasteiger partial charge in [0.05, 0.1) is 5.41 Å². The van der Waals surface area contributed by atoms with Crippen LogP contribution in [0.2, 0.25) is 0 Å². The third kappa shape index (κ3) is 5.90. The van der Waals surface area contributed by atoms with E-state index in [-0.39, 0.29) is 29.5 Å². The second-order valence-corrected chi connectivity index (χ2v) is 11.1. The molecule has 1 saturated heterocycles. The number of halogens is 2. The van der Waals surface area contributed by atoms with Crippen LogP contribution in [0.1, 0.15) is 67.8 Å². The summed E-state index contributed by atoms with van der Waals surface area (Å²) in [4.78, 5) is 29.0. The number of carbonyl (C=O) groups is 2.